The van der Waals surface area contributed by atoms with Gasteiger partial charge < -0.3 is 0 Å². The van der Waals surface area contributed by atoms with Gasteiger partial charge in [0.05, 0.1) is 21.6 Å². The van der Waals surface area contributed by atoms with Crippen molar-refractivity contribution in [1.82, 2.24) is 20.0 Å². The first kappa shape index (κ1) is 10.6. The van der Waals surface area contributed by atoms with Gasteiger partial charge in [0.2, 0.25) is 0 Å². The number of nitrogens with zero attached hydrogens (tertiary/aromatic N) is 3. The topological polar surface area (TPSA) is 76.7 Å². The van der Waals surface area contributed by atoms with Gasteiger partial charge in [0.25, 0.3) is 0 Å². The zero-order chi connectivity index (χ0) is 10.7. The Morgan fingerprint density at radius 3 is 3.00 bits per heavy atom. The molecule has 5 nitrogen and oxygen atoms in total. The molecule has 0 spiro atoms. The highest BCUT2D eigenvalue weighted by molar-refractivity contribution is 7.09. The molecule has 15 heavy (non-hydrogen) atoms. The van der Waals surface area contributed by atoms with Gasteiger partial charge in [-0.3, -0.25) is 11.3 Å². The molecule has 7 heteroatoms. The summed E-state index contributed by atoms with van der Waals surface area (Å²) in [4.78, 5) is 5.31. The second-order valence-corrected chi connectivity index (χ2v) is 4.84. The molecule has 3 N–H and O–H groups in total. The molecule has 0 saturated heterocycles. The van der Waals surface area contributed by atoms with Crippen LogP contribution >= 0.6 is 22.9 Å². The fraction of sp³-hybridized carbons (Fsp3) is 0.375. The molecule has 2 aromatic rings. The van der Waals surface area contributed by atoms with Crippen LogP contribution in [0.5, 0.6) is 0 Å². The summed E-state index contributed by atoms with van der Waals surface area (Å²) < 4.78 is 3.90. The molecule has 2 heterocycles. The first-order valence-corrected chi connectivity index (χ1v) is 6.10. The van der Waals surface area contributed by atoms with Crippen molar-refractivity contribution < 1.29 is 0 Å². The third-order valence-electron chi connectivity index (χ3n) is 2.07. The number of rotatable bonds is 4. The van der Waals surface area contributed by atoms with Crippen LogP contribution < -0.4 is 11.3 Å². The maximum atomic E-state index is 5.53. The molecule has 0 aliphatic rings. The van der Waals surface area contributed by atoms with Crippen LogP contribution in [0.3, 0.4) is 0 Å². The molecule has 0 amide bonds. The van der Waals surface area contributed by atoms with Crippen molar-refractivity contribution in [2.75, 3.05) is 0 Å². The summed E-state index contributed by atoms with van der Waals surface area (Å²) in [6.07, 6.45) is 2.57. The average molecular weight is 241 g/mol. The van der Waals surface area contributed by atoms with Crippen LogP contribution in [0.2, 0.25) is 0 Å². The van der Waals surface area contributed by atoms with E-state index in [2.05, 4.69) is 20.0 Å². The van der Waals surface area contributed by atoms with Crippen LogP contribution in [0.4, 0.5) is 0 Å². The van der Waals surface area contributed by atoms with E-state index in [9.17, 15) is 0 Å². The third-order valence-corrected chi connectivity index (χ3v) is 3.81. The van der Waals surface area contributed by atoms with Gasteiger partial charge in [0.15, 0.2) is 0 Å². The van der Waals surface area contributed by atoms with Crippen molar-refractivity contribution >= 4 is 22.9 Å². The molecule has 1 atom stereocenters. The highest BCUT2D eigenvalue weighted by Gasteiger charge is 2.17. The van der Waals surface area contributed by atoms with Crippen LogP contribution in [0.15, 0.2) is 11.6 Å². The Morgan fingerprint density at radius 2 is 2.47 bits per heavy atom. The van der Waals surface area contributed by atoms with Crippen LogP contribution in [0.25, 0.3) is 0 Å². The minimum Gasteiger partial charge on any atom is -0.271 e. The quantitative estimate of drug-likeness (QED) is 0.618. The molecule has 2 rings (SSSR count). The molecule has 0 aliphatic heterocycles. The maximum Gasteiger partial charge on any atom is 0.0944 e. The first-order chi connectivity index (χ1) is 7.31. The van der Waals surface area contributed by atoms with E-state index in [4.69, 9.17) is 5.84 Å². The van der Waals surface area contributed by atoms with E-state index in [0.29, 0.717) is 0 Å². The van der Waals surface area contributed by atoms with Gasteiger partial charge in [-0.2, -0.15) is 0 Å². The Bertz CT molecular complexity index is 410. The Labute approximate surface area is 95.5 Å². The monoisotopic (exact) mass is 241 g/mol. The minimum absolute atomic E-state index is 0.0520. The van der Waals surface area contributed by atoms with Gasteiger partial charge in [0, 0.05) is 18.0 Å². The van der Waals surface area contributed by atoms with E-state index in [0.717, 1.165) is 22.0 Å². The zero-order valence-corrected chi connectivity index (χ0v) is 9.81. The third kappa shape index (κ3) is 2.37. The summed E-state index contributed by atoms with van der Waals surface area (Å²) in [5.41, 5.74) is 3.71. The molecule has 0 saturated carbocycles. The molecule has 0 aliphatic carbocycles. The van der Waals surface area contributed by atoms with Crippen molar-refractivity contribution in [3.8, 4) is 0 Å². The average Bonchev–Trinajstić information content (AvgIpc) is 2.85. The van der Waals surface area contributed by atoms with E-state index in [1.54, 1.807) is 17.5 Å². The molecule has 0 radical (unpaired) electrons. The fourth-order valence-electron chi connectivity index (χ4n) is 1.31. The standard InChI is InChI=1S/C8H11N5S2/c1-5-8(15-13-12-5)6(11-9)4-7-10-2-3-14-7/h2-3,6,11H,4,9H2,1H3. The van der Waals surface area contributed by atoms with Crippen LogP contribution in [0, 0.1) is 6.92 Å². The van der Waals surface area contributed by atoms with Crippen molar-refractivity contribution in [2.24, 2.45) is 5.84 Å². The minimum atomic E-state index is 0.0520. The Hall–Kier alpha value is -0.890. The van der Waals surface area contributed by atoms with E-state index in [1.165, 1.54) is 11.5 Å². The highest BCUT2D eigenvalue weighted by Crippen LogP contribution is 2.23. The molecule has 1 unspecified atom stereocenters. The summed E-state index contributed by atoms with van der Waals surface area (Å²) in [5, 5.41) is 6.99. The molecular formula is C8H11N5S2. The fourth-order valence-corrected chi connectivity index (χ4v) is 2.68. The Balaban J connectivity index is 2.15. The summed E-state index contributed by atoms with van der Waals surface area (Å²) in [7, 11) is 0. The van der Waals surface area contributed by atoms with Gasteiger partial charge in [-0.1, -0.05) is 4.49 Å². The van der Waals surface area contributed by atoms with Crippen molar-refractivity contribution in [3.63, 3.8) is 0 Å². The van der Waals surface area contributed by atoms with Gasteiger partial charge in [-0.15, -0.1) is 16.4 Å². The van der Waals surface area contributed by atoms with Crippen LogP contribution in [-0.4, -0.2) is 14.6 Å². The first-order valence-electron chi connectivity index (χ1n) is 4.44. The second-order valence-electron chi connectivity index (χ2n) is 3.07. The molecular weight excluding hydrogens is 230 g/mol. The number of aryl methyl sites for hydroxylation is 1. The highest BCUT2D eigenvalue weighted by atomic mass is 32.1. The van der Waals surface area contributed by atoms with E-state index in [-0.39, 0.29) is 6.04 Å². The lowest BCUT2D eigenvalue weighted by atomic mass is 10.1. The largest absolute Gasteiger partial charge is 0.271 e. The number of nitrogens with one attached hydrogen (secondary N) is 1. The van der Waals surface area contributed by atoms with Gasteiger partial charge in [-0.05, 0) is 18.5 Å². The number of hydrogen-bond donors (Lipinski definition) is 2. The Morgan fingerprint density at radius 1 is 1.60 bits per heavy atom. The number of nitrogens with two attached hydrogens (primary N) is 1. The second kappa shape index (κ2) is 4.75. The van der Waals surface area contributed by atoms with Crippen molar-refractivity contribution in [2.45, 2.75) is 19.4 Å². The van der Waals surface area contributed by atoms with E-state index < -0.39 is 0 Å². The summed E-state index contributed by atoms with van der Waals surface area (Å²) in [5.74, 6) is 5.53. The SMILES string of the molecule is Cc1nnsc1C(Cc1nccs1)NN. The summed E-state index contributed by atoms with van der Waals surface area (Å²) in [6, 6.07) is 0.0520. The zero-order valence-electron chi connectivity index (χ0n) is 8.17. The van der Waals surface area contributed by atoms with Crippen LogP contribution in [0.1, 0.15) is 21.6 Å². The maximum absolute atomic E-state index is 5.53. The number of hydrazine groups is 1. The van der Waals surface area contributed by atoms with Crippen molar-refractivity contribution in [3.05, 3.63) is 27.2 Å². The van der Waals surface area contributed by atoms with Gasteiger partial charge in [-0.25, -0.2) is 4.98 Å². The van der Waals surface area contributed by atoms with Gasteiger partial charge >= 0.3 is 0 Å². The molecule has 0 bridgehead atoms. The van der Waals surface area contributed by atoms with Gasteiger partial charge in [0.1, 0.15) is 0 Å². The predicted octanol–water partition coefficient (Wildman–Crippen LogP) is 1.05. The molecule has 0 fully saturated rings. The number of hydrogen-bond acceptors (Lipinski definition) is 7. The number of thiazole rings is 1. The lowest BCUT2D eigenvalue weighted by Crippen LogP contribution is -2.29. The molecule has 80 valence electrons. The Kier molecular flexibility index (Phi) is 3.37. The molecule has 2 aromatic heterocycles. The van der Waals surface area contributed by atoms with Crippen molar-refractivity contribution in [1.29, 1.82) is 0 Å². The summed E-state index contributed by atoms with van der Waals surface area (Å²) in [6.45, 7) is 1.94. The van der Waals surface area contributed by atoms with Crippen LogP contribution in [-0.2, 0) is 6.42 Å². The lowest BCUT2D eigenvalue weighted by Gasteiger charge is -2.11. The lowest BCUT2D eigenvalue weighted by molar-refractivity contribution is 0.556. The number of aromatic nitrogens is 3. The summed E-state index contributed by atoms with van der Waals surface area (Å²) >= 11 is 3.00. The van der Waals surface area contributed by atoms with E-state index in [1.807, 2.05) is 12.3 Å². The normalized spacial score (nSPS) is 12.9. The molecule has 0 aromatic carbocycles. The predicted molar refractivity (Wildman–Crippen MR) is 60.5 cm³/mol. The van der Waals surface area contributed by atoms with E-state index >= 15 is 0 Å². The smallest absolute Gasteiger partial charge is 0.0944 e.